The molecule has 0 saturated heterocycles. The van der Waals surface area contributed by atoms with Gasteiger partial charge >= 0.3 is 0 Å². The maximum atomic E-state index is 4.58. The van der Waals surface area contributed by atoms with Crippen molar-refractivity contribution < 1.29 is 0 Å². The molecule has 3 nitrogen and oxygen atoms in total. The van der Waals surface area contributed by atoms with Gasteiger partial charge < -0.3 is 5.32 Å². The molecule has 0 radical (unpaired) electrons. The highest BCUT2D eigenvalue weighted by Crippen LogP contribution is 2.31. The van der Waals surface area contributed by atoms with E-state index in [4.69, 9.17) is 0 Å². The molecule has 0 aliphatic heterocycles. The number of thiazole rings is 2. The van der Waals surface area contributed by atoms with Gasteiger partial charge in [0.1, 0.15) is 5.01 Å². The first-order chi connectivity index (χ1) is 7.83. The van der Waals surface area contributed by atoms with Crippen LogP contribution in [-0.4, -0.2) is 16.0 Å². The number of rotatable bonds is 4. The minimum absolute atomic E-state index is 0.249. The lowest BCUT2D eigenvalue weighted by Crippen LogP contribution is -2.23. The molecule has 1 fully saturated rings. The fourth-order valence-electron chi connectivity index (χ4n) is 1.63. The van der Waals surface area contributed by atoms with Crippen LogP contribution in [0.5, 0.6) is 0 Å². The Hall–Kier alpha value is -0.780. The molecular weight excluding hydrogens is 238 g/mol. The quantitative estimate of drug-likeness (QED) is 0.908. The summed E-state index contributed by atoms with van der Waals surface area (Å²) in [5.41, 5.74) is 2.99. The van der Waals surface area contributed by atoms with Crippen LogP contribution in [-0.2, 0) is 0 Å². The maximum absolute atomic E-state index is 4.58. The smallest absolute Gasteiger partial charge is 0.115 e. The molecule has 1 unspecified atom stereocenters. The van der Waals surface area contributed by atoms with Gasteiger partial charge in [0.2, 0.25) is 0 Å². The van der Waals surface area contributed by atoms with Gasteiger partial charge in [0, 0.05) is 28.2 Å². The summed E-state index contributed by atoms with van der Waals surface area (Å²) < 4.78 is 0. The van der Waals surface area contributed by atoms with Gasteiger partial charge in [-0.25, -0.2) is 4.98 Å². The topological polar surface area (TPSA) is 37.8 Å². The molecule has 2 heterocycles. The van der Waals surface area contributed by atoms with Crippen molar-refractivity contribution in [3.05, 3.63) is 32.7 Å². The van der Waals surface area contributed by atoms with Crippen molar-refractivity contribution in [2.75, 3.05) is 0 Å². The van der Waals surface area contributed by atoms with E-state index in [0.29, 0.717) is 6.04 Å². The van der Waals surface area contributed by atoms with Crippen molar-refractivity contribution in [1.29, 1.82) is 0 Å². The summed E-state index contributed by atoms with van der Waals surface area (Å²) in [4.78, 5) is 10.0. The standard InChI is InChI=1S/C11H13N3S2/c1-7-5-15-11(13-7)10(14-8-2-3-8)9-4-12-6-16-9/h4-6,8,10,14H,2-3H2,1H3. The second-order valence-corrected chi connectivity index (χ2v) is 5.91. The van der Waals surface area contributed by atoms with Crippen molar-refractivity contribution in [3.8, 4) is 0 Å². The molecule has 84 valence electrons. The highest BCUT2D eigenvalue weighted by Gasteiger charge is 2.28. The fourth-order valence-corrected chi connectivity index (χ4v) is 3.26. The Bertz CT molecular complexity index is 459. The van der Waals surface area contributed by atoms with E-state index in [1.165, 1.54) is 17.7 Å². The van der Waals surface area contributed by atoms with Crippen molar-refractivity contribution in [3.63, 3.8) is 0 Å². The van der Waals surface area contributed by atoms with Crippen LogP contribution >= 0.6 is 22.7 Å². The first-order valence-electron chi connectivity index (χ1n) is 5.39. The summed E-state index contributed by atoms with van der Waals surface area (Å²) in [5.74, 6) is 0. The molecule has 1 N–H and O–H groups in total. The van der Waals surface area contributed by atoms with E-state index in [0.717, 1.165) is 10.7 Å². The van der Waals surface area contributed by atoms with E-state index in [1.54, 1.807) is 22.7 Å². The van der Waals surface area contributed by atoms with Gasteiger partial charge in [-0.1, -0.05) is 0 Å². The Kier molecular flexibility index (Phi) is 2.75. The van der Waals surface area contributed by atoms with E-state index < -0.39 is 0 Å². The molecule has 3 rings (SSSR count). The van der Waals surface area contributed by atoms with Gasteiger partial charge in [0.15, 0.2) is 0 Å². The SMILES string of the molecule is Cc1csc(C(NC2CC2)c2cncs2)n1. The van der Waals surface area contributed by atoms with Crippen molar-refractivity contribution in [2.45, 2.75) is 31.8 Å². The largest absolute Gasteiger partial charge is 0.301 e. The monoisotopic (exact) mass is 251 g/mol. The third-order valence-electron chi connectivity index (χ3n) is 2.60. The maximum Gasteiger partial charge on any atom is 0.115 e. The molecule has 0 amide bonds. The molecule has 16 heavy (non-hydrogen) atoms. The molecule has 0 spiro atoms. The van der Waals surface area contributed by atoms with Crippen LogP contribution in [0.4, 0.5) is 0 Å². The predicted octanol–water partition coefficient (Wildman–Crippen LogP) is 2.75. The lowest BCUT2D eigenvalue weighted by Gasteiger charge is -2.13. The minimum atomic E-state index is 0.249. The van der Waals surface area contributed by atoms with Crippen LogP contribution in [0.2, 0.25) is 0 Å². The molecule has 1 aliphatic carbocycles. The lowest BCUT2D eigenvalue weighted by molar-refractivity contribution is 0.604. The first-order valence-corrected chi connectivity index (χ1v) is 7.15. The molecular formula is C11H13N3S2. The van der Waals surface area contributed by atoms with Crippen LogP contribution < -0.4 is 5.32 Å². The summed E-state index contributed by atoms with van der Waals surface area (Å²) in [5, 5.41) is 6.91. The second-order valence-electron chi connectivity index (χ2n) is 4.10. The van der Waals surface area contributed by atoms with Crippen molar-refractivity contribution in [2.24, 2.45) is 0 Å². The molecule has 5 heteroatoms. The van der Waals surface area contributed by atoms with Crippen molar-refractivity contribution in [1.82, 2.24) is 15.3 Å². The van der Waals surface area contributed by atoms with Gasteiger partial charge in [-0.05, 0) is 19.8 Å². The minimum Gasteiger partial charge on any atom is -0.301 e. The molecule has 1 atom stereocenters. The van der Waals surface area contributed by atoms with Gasteiger partial charge in [0.25, 0.3) is 0 Å². The highest BCUT2D eigenvalue weighted by atomic mass is 32.1. The summed E-state index contributed by atoms with van der Waals surface area (Å²) >= 11 is 3.43. The van der Waals surface area contributed by atoms with E-state index in [1.807, 2.05) is 18.6 Å². The summed E-state index contributed by atoms with van der Waals surface area (Å²) in [6.45, 7) is 2.04. The van der Waals surface area contributed by atoms with Crippen LogP contribution in [0.25, 0.3) is 0 Å². The molecule has 1 saturated carbocycles. The second kappa shape index (κ2) is 4.24. The van der Waals surface area contributed by atoms with Crippen molar-refractivity contribution >= 4 is 22.7 Å². The van der Waals surface area contributed by atoms with E-state index in [9.17, 15) is 0 Å². The number of hydrogen-bond acceptors (Lipinski definition) is 5. The van der Waals surface area contributed by atoms with Gasteiger partial charge in [-0.3, -0.25) is 4.98 Å². The number of aromatic nitrogens is 2. The summed E-state index contributed by atoms with van der Waals surface area (Å²) in [6.07, 6.45) is 4.53. The van der Waals surface area contributed by atoms with Gasteiger partial charge in [-0.15, -0.1) is 22.7 Å². The third kappa shape index (κ3) is 2.16. The van der Waals surface area contributed by atoms with E-state index in [-0.39, 0.29) is 6.04 Å². The molecule has 0 aromatic carbocycles. The Morgan fingerprint density at radius 1 is 1.44 bits per heavy atom. The number of nitrogens with zero attached hydrogens (tertiary/aromatic N) is 2. The van der Waals surface area contributed by atoms with E-state index >= 15 is 0 Å². The van der Waals surface area contributed by atoms with Crippen LogP contribution in [0.1, 0.15) is 34.5 Å². The average molecular weight is 251 g/mol. The zero-order chi connectivity index (χ0) is 11.0. The van der Waals surface area contributed by atoms with E-state index in [2.05, 4.69) is 20.7 Å². The normalized spacial score (nSPS) is 17.6. The molecule has 2 aromatic rings. The Labute approximate surface area is 103 Å². The number of aryl methyl sites for hydroxylation is 1. The summed E-state index contributed by atoms with van der Waals surface area (Å²) in [7, 11) is 0. The zero-order valence-corrected chi connectivity index (χ0v) is 10.6. The summed E-state index contributed by atoms with van der Waals surface area (Å²) in [6, 6.07) is 0.926. The van der Waals surface area contributed by atoms with Gasteiger partial charge in [-0.2, -0.15) is 0 Å². The average Bonchev–Trinajstić information content (AvgIpc) is 2.79. The Balaban J connectivity index is 1.88. The fraction of sp³-hybridized carbons (Fsp3) is 0.455. The Morgan fingerprint density at radius 2 is 2.31 bits per heavy atom. The van der Waals surface area contributed by atoms with Crippen LogP contribution in [0.15, 0.2) is 17.1 Å². The molecule has 2 aromatic heterocycles. The first kappa shape index (κ1) is 10.4. The van der Waals surface area contributed by atoms with Crippen LogP contribution in [0, 0.1) is 6.92 Å². The van der Waals surface area contributed by atoms with Crippen LogP contribution in [0.3, 0.4) is 0 Å². The lowest BCUT2D eigenvalue weighted by atomic mass is 10.2. The third-order valence-corrected chi connectivity index (χ3v) is 4.47. The zero-order valence-electron chi connectivity index (χ0n) is 9.01. The predicted molar refractivity (Wildman–Crippen MR) is 67.0 cm³/mol. The molecule has 0 bridgehead atoms. The van der Waals surface area contributed by atoms with Gasteiger partial charge in [0.05, 0.1) is 11.6 Å². The number of nitrogens with one attached hydrogen (secondary N) is 1. The Morgan fingerprint density at radius 3 is 2.88 bits per heavy atom. The molecule has 1 aliphatic rings. The number of hydrogen-bond donors (Lipinski definition) is 1. The highest BCUT2D eigenvalue weighted by molar-refractivity contribution is 7.11.